The molecule has 0 bridgehead atoms. The van der Waals surface area contributed by atoms with Gasteiger partial charge in [0.1, 0.15) is 5.75 Å². The first-order chi connectivity index (χ1) is 24.4. The van der Waals surface area contributed by atoms with E-state index in [1.54, 1.807) is 59.4 Å². The van der Waals surface area contributed by atoms with E-state index < -0.39 is 31.6 Å². The molecule has 268 valence electrons. The number of aliphatic hydroxyl groups excluding tert-OH is 1. The standard InChI is InChI=1S/C39H44FN3O7Si/c1-26-36(51(4,5)40)34(23-35(45)41(19-20-44)24-27-11-7-6-8-12-27)50-39(26)31-22-30(48-2)16-17-32(31)43(38(39)47)25-28-13-9-14-29(21-28)42-18-10-15-33(49-3)37(42)46/h6-18,21-22,26,34,36,44H,19-20,23-25H2,1-5H3/t26-,34+,36-,39+/m1/s1. The maximum atomic E-state index is 16.5. The minimum atomic E-state index is -3.55. The Kier molecular flexibility index (Phi) is 10.2. The summed E-state index contributed by atoms with van der Waals surface area (Å²) in [4.78, 5) is 45.0. The number of hydrogen-bond acceptors (Lipinski definition) is 7. The van der Waals surface area contributed by atoms with Gasteiger partial charge in [-0.1, -0.05) is 49.4 Å². The van der Waals surface area contributed by atoms with Gasteiger partial charge < -0.3 is 33.2 Å². The Labute approximate surface area is 298 Å². The molecule has 1 fully saturated rings. The molecule has 10 nitrogen and oxygen atoms in total. The van der Waals surface area contributed by atoms with Crippen LogP contribution in [0.3, 0.4) is 0 Å². The van der Waals surface area contributed by atoms with Crippen LogP contribution in [0.1, 0.15) is 30.0 Å². The second-order valence-corrected chi connectivity index (χ2v) is 17.5. The lowest BCUT2D eigenvalue weighted by Gasteiger charge is -2.31. The second kappa shape index (κ2) is 14.5. The molecular formula is C39H44FN3O7Si. The Hall–Kier alpha value is -4.78. The van der Waals surface area contributed by atoms with E-state index in [2.05, 4.69) is 0 Å². The molecule has 3 heterocycles. The predicted molar refractivity (Wildman–Crippen MR) is 194 cm³/mol. The van der Waals surface area contributed by atoms with Crippen molar-refractivity contribution in [3.8, 4) is 17.2 Å². The van der Waals surface area contributed by atoms with E-state index in [0.717, 1.165) is 11.1 Å². The van der Waals surface area contributed by atoms with Crippen LogP contribution in [-0.4, -0.2) is 68.3 Å². The number of hydrogen-bond donors (Lipinski definition) is 1. The fourth-order valence-electron chi connectivity index (χ4n) is 7.85. The highest BCUT2D eigenvalue weighted by Gasteiger charge is 2.67. The lowest BCUT2D eigenvalue weighted by molar-refractivity contribution is -0.150. The number of methoxy groups -OCH3 is 2. The molecule has 4 atom stereocenters. The van der Waals surface area contributed by atoms with E-state index in [0.29, 0.717) is 22.7 Å². The Morgan fingerprint density at radius 2 is 1.73 bits per heavy atom. The van der Waals surface area contributed by atoms with Crippen LogP contribution in [0.4, 0.5) is 9.80 Å². The molecule has 2 aliphatic heterocycles. The number of carbonyl (C=O) groups is 2. The third kappa shape index (κ3) is 6.71. The highest BCUT2D eigenvalue weighted by Crippen LogP contribution is 2.60. The van der Waals surface area contributed by atoms with E-state index in [4.69, 9.17) is 14.2 Å². The molecule has 1 spiro atoms. The number of aliphatic hydroxyl groups is 1. The van der Waals surface area contributed by atoms with Crippen molar-refractivity contribution in [1.29, 1.82) is 0 Å². The molecule has 0 aliphatic carbocycles. The lowest BCUT2D eigenvalue weighted by Crippen LogP contribution is -2.45. The molecule has 0 radical (unpaired) electrons. The van der Waals surface area contributed by atoms with Crippen LogP contribution in [0.15, 0.2) is 95.9 Å². The predicted octanol–water partition coefficient (Wildman–Crippen LogP) is 5.59. The summed E-state index contributed by atoms with van der Waals surface area (Å²) in [5.74, 6) is -0.536. The number of anilines is 1. The van der Waals surface area contributed by atoms with Gasteiger partial charge in [0.05, 0.1) is 45.6 Å². The lowest BCUT2D eigenvalue weighted by atomic mass is 9.82. The number of fused-ring (bicyclic) bond motifs is 2. The molecule has 12 heteroatoms. The Balaban J connectivity index is 1.36. The number of nitrogens with zero attached hydrogens (tertiary/aromatic N) is 3. The van der Waals surface area contributed by atoms with Crippen LogP contribution >= 0.6 is 0 Å². The van der Waals surface area contributed by atoms with Gasteiger partial charge in [-0.3, -0.25) is 19.0 Å². The largest absolute Gasteiger partial charge is 0.497 e. The highest BCUT2D eigenvalue weighted by molar-refractivity contribution is 6.72. The summed E-state index contributed by atoms with van der Waals surface area (Å²) in [7, 11) is -0.572. The van der Waals surface area contributed by atoms with Crippen molar-refractivity contribution in [3.05, 3.63) is 118 Å². The summed E-state index contributed by atoms with van der Waals surface area (Å²) in [6.07, 6.45) is 0.622. The minimum Gasteiger partial charge on any atom is -0.497 e. The maximum absolute atomic E-state index is 16.5. The van der Waals surface area contributed by atoms with Gasteiger partial charge in [0.2, 0.25) is 14.3 Å². The van der Waals surface area contributed by atoms with Gasteiger partial charge >= 0.3 is 0 Å². The third-order valence-electron chi connectivity index (χ3n) is 10.1. The Bertz CT molecular complexity index is 1970. The number of carbonyl (C=O) groups excluding carboxylic acids is 2. The smallest absolute Gasteiger partial charge is 0.297 e. The van der Waals surface area contributed by atoms with Gasteiger partial charge in [-0.15, -0.1) is 0 Å². The van der Waals surface area contributed by atoms with Crippen LogP contribution in [0.25, 0.3) is 5.69 Å². The molecule has 1 saturated heterocycles. The first-order valence-corrected chi connectivity index (χ1v) is 20.0. The van der Waals surface area contributed by atoms with E-state index in [1.165, 1.54) is 18.8 Å². The molecule has 1 N–H and O–H groups in total. The molecule has 51 heavy (non-hydrogen) atoms. The number of amides is 2. The van der Waals surface area contributed by atoms with Crippen molar-refractivity contribution >= 4 is 25.9 Å². The molecule has 1 aromatic heterocycles. The number of aromatic nitrogens is 1. The van der Waals surface area contributed by atoms with Crippen molar-refractivity contribution in [3.63, 3.8) is 0 Å². The van der Waals surface area contributed by atoms with E-state index in [9.17, 15) is 19.5 Å². The van der Waals surface area contributed by atoms with Gasteiger partial charge in [-0.05, 0) is 66.7 Å². The quantitative estimate of drug-likeness (QED) is 0.151. The van der Waals surface area contributed by atoms with Crippen molar-refractivity contribution in [2.75, 3.05) is 32.3 Å². The van der Waals surface area contributed by atoms with Crippen molar-refractivity contribution in [2.45, 2.75) is 56.8 Å². The average Bonchev–Trinajstić information content (AvgIpc) is 3.54. The summed E-state index contributed by atoms with van der Waals surface area (Å²) in [6, 6.07) is 25.5. The number of halogens is 1. The van der Waals surface area contributed by atoms with Crippen molar-refractivity contribution in [2.24, 2.45) is 5.92 Å². The first kappa shape index (κ1) is 36.0. The molecule has 4 aromatic rings. The number of pyridine rings is 1. The minimum absolute atomic E-state index is 0.107. The zero-order valence-electron chi connectivity index (χ0n) is 29.5. The molecule has 6 rings (SSSR count). The first-order valence-electron chi connectivity index (χ1n) is 17.1. The zero-order valence-corrected chi connectivity index (χ0v) is 30.5. The fraction of sp³-hybridized carbons (Fsp3) is 0.359. The molecule has 2 aliphatic rings. The summed E-state index contributed by atoms with van der Waals surface area (Å²) in [6.45, 7) is 5.34. The van der Waals surface area contributed by atoms with E-state index in [-0.39, 0.29) is 55.8 Å². The molecule has 3 aromatic carbocycles. The van der Waals surface area contributed by atoms with Crippen LogP contribution in [0.2, 0.25) is 18.6 Å². The summed E-state index contributed by atoms with van der Waals surface area (Å²) in [5, 5.41) is 9.82. The van der Waals surface area contributed by atoms with E-state index in [1.807, 2.05) is 61.5 Å². The monoisotopic (exact) mass is 713 g/mol. The Morgan fingerprint density at radius 3 is 2.41 bits per heavy atom. The SMILES string of the molecule is COc1ccc2c(c1)[C@]1(O[C@@H](CC(=O)N(CCO)Cc3ccccc3)[C@H]([Si](C)(C)F)[C@H]1C)C(=O)N2Cc1cccc(-n2cccc(OC)c2=O)c1. The summed E-state index contributed by atoms with van der Waals surface area (Å²) >= 11 is 0. The molecular weight excluding hydrogens is 670 g/mol. The molecule has 0 unspecified atom stereocenters. The average molecular weight is 714 g/mol. The van der Waals surface area contributed by atoms with Crippen LogP contribution in [0.5, 0.6) is 11.5 Å². The van der Waals surface area contributed by atoms with Gasteiger partial charge in [0.25, 0.3) is 11.5 Å². The van der Waals surface area contributed by atoms with Crippen molar-refractivity contribution < 1.29 is 33.0 Å². The van der Waals surface area contributed by atoms with Gasteiger partial charge in [0.15, 0.2) is 11.4 Å². The highest BCUT2D eigenvalue weighted by atomic mass is 28.4. The topological polar surface area (TPSA) is 111 Å². The van der Waals surface area contributed by atoms with Gasteiger partial charge in [0, 0.05) is 42.0 Å². The van der Waals surface area contributed by atoms with Crippen LogP contribution < -0.4 is 19.9 Å². The molecule has 0 saturated carbocycles. The van der Waals surface area contributed by atoms with Crippen molar-refractivity contribution in [1.82, 2.24) is 9.47 Å². The third-order valence-corrected chi connectivity index (χ3v) is 12.6. The second-order valence-electron chi connectivity index (χ2n) is 13.7. The summed E-state index contributed by atoms with van der Waals surface area (Å²) < 4.78 is 35.6. The van der Waals surface area contributed by atoms with Gasteiger partial charge in [-0.2, -0.15) is 0 Å². The zero-order chi connectivity index (χ0) is 36.5. The summed E-state index contributed by atoms with van der Waals surface area (Å²) in [5.41, 5.74) is 0.842. The Morgan fingerprint density at radius 1 is 0.980 bits per heavy atom. The number of benzene rings is 3. The number of ether oxygens (including phenoxy) is 3. The molecule has 2 amide bonds. The maximum Gasteiger partial charge on any atom is 0.297 e. The van der Waals surface area contributed by atoms with Crippen LogP contribution in [0, 0.1) is 5.92 Å². The van der Waals surface area contributed by atoms with Crippen LogP contribution in [-0.2, 0) is 33.0 Å². The van der Waals surface area contributed by atoms with Gasteiger partial charge in [-0.25, -0.2) is 0 Å². The normalized spacial score (nSPS) is 21.2. The fourth-order valence-corrected chi connectivity index (χ4v) is 10.3. The number of rotatable bonds is 12. The van der Waals surface area contributed by atoms with E-state index >= 15 is 4.11 Å².